The first-order valence-corrected chi connectivity index (χ1v) is 8.77. The third kappa shape index (κ3) is 3.08. The van der Waals surface area contributed by atoms with Gasteiger partial charge in [-0.25, -0.2) is 4.98 Å². The van der Waals surface area contributed by atoms with E-state index in [9.17, 15) is 15.0 Å². The van der Waals surface area contributed by atoms with Crippen molar-refractivity contribution in [3.8, 4) is 0 Å². The first-order chi connectivity index (χ1) is 12.1. The number of rotatable bonds is 2. The quantitative estimate of drug-likeness (QED) is 0.807. The molecule has 1 spiro atoms. The number of fused-ring (bicyclic) bond motifs is 1. The monoisotopic (exact) mass is 345 g/mol. The van der Waals surface area contributed by atoms with Crippen LogP contribution < -0.4 is 5.56 Å². The Morgan fingerprint density at radius 3 is 2.88 bits per heavy atom. The van der Waals surface area contributed by atoms with Gasteiger partial charge in [0.05, 0.1) is 24.0 Å². The number of likely N-dealkylation sites (tertiary alicyclic amines) is 1. The molecule has 2 N–H and O–H groups in total. The van der Waals surface area contributed by atoms with Crippen molar-refractivity contribution < 1.29 is 14.9 Å². The van der Waals surface area contributed by atoms with Crippen molar-refractivity contribution in [3.05, 3.63) is 46.5 Å². The van der Waals surface area contributed by atoms with Crippen molar-refractivity contribution in [2.75, 3.05) is 19.7 Å². The maximum absolute atomic E-state index is 12.2. The summed E-state index contributed by atoms with van der Waals surface area (Å²) in [6.07, 6.45) is 1.99. The normalized spacial score (nSPS) is 27.0. The van der Waals surface area contributed by atoms with Gasteiger partial charge in [-0.05, 0) is 31.4 Å². The summed E-state index contributed by atoms with van der Waals surface area (Å²) in [5.74, 6) is 0. The molecule has 7 nitrogen and oxygen atoms in total. The van der Waals surface area contributed by atoms with E-state index in [1.165, 1.54) is 4.40 Å². The van der Waals surface area contributed by atoms with Gasteiger partial charge in [-0.15, -0.1) is 0 Å². The van der Waals surface area contributed by atoms with Gasteiger partial charge in [-0.3, -0.25) is 14.1 Å². The van der Waals surface area contributed by atoms with Crippen LogP contribution in [0.3, 0.4) is 0 Å². The Labute approximate surface area is 145 Å². The number of hydrogen-bond acceptors (Lipinski definition) is 6. The van der Waals surface area contributed by atoms with Gasteiger partial charge in [0.25, 0.3) is 5.56 Å². The highest BCUT2D eigenvalue weighted by Crippen LogP contribution is 2.35. The molecule has 0 aromatic carbocycles. The van der Waals surface area contributed by atoms with Gasteiger partial charge in [0.1, 0.15) is 11.8 Å². The Morgan fingerprint density at radius 1 is 1.28 bits per heavy atom. The topological polar surface area (TPSA) is 87.3 Å². The van der Waals surface area contributed by atoms with Crippen LogP contribution in [0.25, 0.3) is 5.65 Å². The largest absolute Gasteiger partial charge is 0.390 e. The highest BCUT2D eigenvalue weighted by Gasteiger charge is 2.47. The lowest BCUT2D eigenvalue weighted by molar-refractivity contribution is -0.214. The van der Waals surface area contributed by atoms with Gasteiger partial charge >= 0.3 is 0 Å². The van der Waals surface area contributed by atoms with Crippen molar-refractivity contribution >= 4 is 5.65 Å². The molecule has 4 heterocycles. The van der Waals surface area contributed by atoms with Crippen LogP contribution in [-0.4, -0.2) is 62.0 Å². The molecule has 0 radical (unpaired) electrons. The van der Waals surface area contributed by atoms with E-state index in [0.29, 0.717) is 38.1 Å². The fourth-order valence-electron chi connectivity index (χ4n) is 3.92. The number of ether oxygens (including phenoxy) is 1. The first kappa shape index (κ1) is 16.7. The van der Waals surface area contributed by atoms with Gasteiger partial charge in [0.2, 0.25) is 0 Å². The van der Waals surface area contributed by atoms with Crippen LogP contribution in [0.2, 0.25) is 0 Å². The summed E-state index contributed by atoms with van der Waals surface area (Å²) in [7, 11) is 0. The predicted molar refractivity (Wildman–Crippen MR) is 91.3 cm³/mol. The predicted octanol–water partition coefficient (Wildman–Crippen LogP) is 0.171. The van der Waals surface area contributed by atoms with Crippen molar-refractivity contribution in [3.63, 3.8) is 0 Å². The molecule has 7 heteroatoms. The molecule has 4 rings (SSSR count). The number of aliphatic hydroxyl groups excluding tert-OH is 2. The third-order valence-corrected chi connectivity index (χ3v) is 5.42. The van der Waals surface area contributed by atoms with Crippen molar-refractivity contribution in [2.24, 2.45) is 0 Å². The molecular weight excluding hydrogens is 322 g/mol. The maximum Gasteiger partial charge on any atom is 0.258 e. The van der Waals surface area contributed by atoms with Crippen molar-refractivity contribution in [2.45, 2.75) is 43.6 Å². The molecule has 2 atom stereocenters. The van der Waals surface area contributed by atoms with E-state index in [-0.39, 0.29) is 5.56 Å². The summed E-state index contributed by atoms with van der Waals surface area (Å²) in [5, 5.41) is 20.3. The number of nitrogens with zero attached hydrogens (tertiary/aromatic N) is 3. The van der Waals surface area contributed by atoms with Crippen LogP contribution in [0, 0.1) is 0 Å². The standard InChI is InChI=1S/C18H23N3O4/c22-14-4-10-25-18(17(14)24)5-8-20(9-6-18)12-13-11-16(23)21-7-2-1-3-15(21)19-13/h1-3,7,11,14,17,22,24H,4-6,8-10,12H2/t14-,17-/m0/s1. The summed E-state index contributed by atoms with van der Waals surface area (Å²) < 4.78 is 7.39. The lowest BCUT2D eigenvalue weighted by Crippen LogP contribution is -2.59. The van der Waals surface area contributed by atoms with Crippen LogP contribution in [0.4, 0.5) is 0 Å². The summed E-state index contributed by atoms with van der Waals surface area (Å²) >= 11 is 0. The minimum absolute atomic E-state index is 0.0803. The SMILES string of the molecule is O=c1cc(CN2CCC3(CC2)OCC[C@H](O)[C@@H]3O)nc2ccccn12. The van der Waals surface area contributed by atoms with Crippen molar-refractivity contribution in [1.29, 1.82) is 0 Å². The highest BCUT2D eigenvalue weighted by molar-refractivity contribution is 5.37. The zero-order chi connectivity index (χ0) is 17.4. The number of piperidine rings is 1. The minimum Gasteiger partial charge on any atom is -0.390 e. The Hall–Kier alpha value is -1.80. The van der Waals surface area contributed by atoms with E-state index in [1.54, 1.807) is 12.3 Å². The van der Waals surface area contributed by atoms with E-state index in [1.807, 2.05) is 18.2 Å². The molecule has 0 unspecified atom stereocenters. The molecule has 2 fully saturated rings. The van der Waals surface area contributed by atoms with Gasteiger partial charge in [-0.1, -0.05) is 6.07 Å². The smallest absolute Gasteiger partial charge is 0.258 e. The molecule has 2 aromatic rings. The van der Waals surface area contributed by atoms with E-state index >= 15 is 0 Å². The molecule has 0 bridgehead atoms. The average Bonchev–Trinajstić information content (AvgIpc) is 2.62. The van der Waals surface area contributed by atoms with E-state index in [2.05, 4.69) is 9.88 Å². The molecule has 0 amide bonds. The number of pyridine rings is 1. The van der Waals surface area contributed by atoms with Crippen LogP contribution in [0.5, 0.6) is 0 Å². The number of hydrogen-bond donors (Lipinski definition) is 2. The highest BCUT2D eigenvalue weighted by atomic mass is 16.5. The zero-order valence-corrected chi connectivity index (χ0v) is 14.0. The molecule has 134 valence electrons. The average molecular weight is 345 g/mol. The Balaban J connectivity index is 1.46. The lowest BCUT2D eigenvalue weighted by atomic mass is 9.80. The summed E-state index contributed by atoms with van der Waals surface area (Å²) in [4.78, 5) is 19.0. The fourth-order valence-corrected chi connectivity index (χ4v) is 3.92. The van der Waals surface area contributed by atoms with Crippen LogP contribution >= 0.6 is 0 Å². The molecule has 0 aliphatic carbocycles. The molecule has 2 aliphatic heterocycles. The molecule has 2 saturated heterocycles. The summed E-state index contributed by atoms with van der Waals surface area (Å²) in [6.45, 7) is 2.55. The molecule has 0 saturated carbocycles. The van der Waals surface area contributed by atoms with E-state index in [4.69, 9.17) is 4.74 Å². The van der Waals surface area contributed by atoms with Crippen molar-refractivity contribution in [1.82, 2.24) is 14.3 Å². The molecule has 25 heavy (non-hydrogen) atoms. The Morgan fingerprint density at radius 2 is 2.08 bits per heavy atom. The van der Waals surface area contributed by atoms with Gasteiger partial charge in [0.15, 0.2) is 0 Å². The second kappa shape index (κ2) is 6.49. The zero-order valence-electron chi connectivity index (χ0n) is 14.0. The van der Waals surface area contributed by atoms with Gasteiger partial charge in [-0.2, -0.15) is 0 Å². The lowest BCUT2D eigenvalue weighted by Gasteiger charge is -2.48. The number of aromatic nitrogens is 2. The third-order valence-electron chi connectivity index (χ3n) is 5.42. The van der Waals surface area contributed by atoms with Crippen LogP contribution in [-0.2, 0) is 11.3 Å². The van der Waals surface area contributed by atoms with E-state index < -0.39 is 17.8 Å². The van der Waals surface area contributed by atoms with Gasteiger partial charge in [0, 0.05) is 31.9 Å². The summed E-state index contributed by atoms with van der Waals surface area (Å²) in [6, 6.07) is 7.07. The summed E-state index contributed by atoms with van der Waals surface area (Å²) in [5.41, 5.74) is 0.679. The van der Waals surface area contributed by atoms with E-state index in [0.717, 1.165) is 18.8 Å². The fraction of sp³-hybridized carbons (Fsp3) is 0.556. The molecule has 2 aliphatic rings. The first-order valence-electron chi connectivity index (χ1n) is 8.77. The van der Waals surface area contributed by atoms with Crippen LogP contribution in [0.1, 0.15) is 25.0 Å². The second-order valence-corrected chi connectivity index (χ2v) is 7.00. The number of aliphatic hydroxyl groups is 2. The second-order valence-electron chi connectivity index (χ2n) is 7.00. The minimum atomic E-state index is -0.827. The Kier molecular flexibility index (Phi) is 4.33. The van der Waals surface area contributed by atoms with Gasteiger partial charge < -0.3 is 14.9 Å². The maximum atomic E-state index is 12.2. The Bertz CT molecular complexity index is 813. The molecular formula is C18H23N3O4. The van der Waals surface area contributed by atoms with Crippen LogP contribution in [0.15, 0.2) is 35.3 Å². The molecule has 2 aromatic heterocycles.